The molecule has 0 saturated carbocycles. The standard InChI is InChI=1S/C25H30F4N4O6/c1-4-7-20(34)30-24(25(27,28)29,23(38)39-6-3)33-10-8-32(9-11-33)19-13-18-15(12-17(19)26)21(35)16(22(36)37)14-31(18)5-2/h12-14H,4-11H2,1-3H3,(H,30,34)(H,36,37). The summed E-state index contributed by atoms with van der Waals surface area (Å²) in [5.41, 5.74) is -4.54. The zero-order valence-corrected chi connectivity index (χ0v) is 21.7. The lowest BCUT2D eigenvalue weighted by molar-refractivity contribution is -0.250. The number of pyridine rings is 1. The van der Waals surface area contributed by atoms with Crippen LogP contribution in [0.1, 0.15) is 44.0 Å². The molecule has 0 aliphatic carbocycles. The van der Waals surface area contributed by atoms with Crippen LogP contribution in [0.2, 0.25) is 0 Å². The van der Waals surface area contributed by atoms with E-state index in [4.69, 9.17) is 4.74 Å². The van der Waals surface area contributed by atoms with Gasteiger partial charge in [0.25, 0.3) is 5.66 Å². The Morgan fingerprint density at radius 1 is 1.08 bits per heavy atom. The highest BCUT2D eigenvalue weighted by atomic mass is 19.4. The molecule has 3 rings (SSSR count). The molecule has 2 N–H and O–H groups in total. The van der Waals surface area contributed by atoms with E-state index >= 15 is 4.39 Å². The molecule has 1 unspecified atom stereocenters. The van der Waals surface area contributed by atoms with E-state index in [2.05, 4.69) is 0 Å². The van der Waals surface area contributed by atoms with Crippen molar-refractivity contribution in [1.82, 2.24) is 14.8 Å². The van der Waals surface area contributed by atoms with Crippen molar-refractivity contribution in [1.29, 1.82) is 0 Å². The SMILES string of the molecule is CCCC(=O)NC(C(=O)OCC)(N1CCN(c2cc3c(cc2F)c(=O)c(C(=O)O)cn3CC)CC1)C(F)(F)F. The van der Waals surface area contributed by atoms with Gasteiger partial charge in [0.2, 0.25) is 11.3 Å². The average Bonchev–Trinajstić information content (AvgIpc) is 2.87. The Hall–Kier alpha value is -3.68. The number of hydrogen-bond donors (Lipinski definition) is 2. The fourth-order valence-corrected chi connectivity index (χ4v) is 4.69. The monoisotopic (exact) mass is 558 g/mol. The second kappa shape index (κ2) is 11.6. The third-order valence-electron chi connectivity index (χ3n) is 6.59. The molecule has 214 valence electrons. The maximum atomic E-state index is 15.2. The summed E-state index contributed by atoms with van der Waals surface area (Å²) in [4.78, 5) is 51.3. The first-order chi connectivity index (χ1) is 18.3. The molecule has 1 saturated heterocycles. The van der Waals surface area contributed by atoms with Crippen LogP contribution in [-0.4, -0.2) is 77.0 Å². The molecule has 2 heterocycles. The van der Waals surface area contributed by atoms with Gasteiger partial charge in [-0.2, -0.15) is 13.2 Å². The van der Waals surface area contributed by atoms with Gasteiger partial charge in [0.15, 0.2) is 0 Å². The van der Waals surface area contributed by atoms with Gasteiger partial charge in [0.1, 0.15) is 11.4 Å². The van der Waals surface area contributed by atoms with Gasteiger partial charge in [-0.05, 0) is 32.4 Å². The topological polar surface area (TPSA) is 121 Å². The summed E-state index contributed by atoms with van der Waals surface area (Å²) in [6.45, 7) is 3.49. The van der Waals surface area contributed by atoms with Gasteiger partial charge < -0.3 is 24.6 Å². The van der Waals surface area contributed by atoms with E-state index in [0.717, 1.165) is 17.2 Å². The van der Waals surface area contributed by atoms with Crippen molar-refractivity contribution >= 4 is 34.4 Å². The number of carboxylic acid groups (broad SMARTS) is 1. The Morgan fingerprint density at radius 3 is 2.23 bits per heavy atom. The van der Waals surface area contributed by atoms with Crippen LogP contribution in [0.5, 0.6) is 0 Å². The molecule has 1 aromatic carbocycles. The molecule has 0 bridgehead atoms. The highest BCUT2D eigenvalue weighted by Gasteiger charge is 2.66. The Balaban J connectivity index is 1.99. The number of halogens is 4. The number of aryl methyl sites for hydroxylation is 1. The number of hydrogen-bond acceptors (Lipinski definition) is 7. The summed E-state index contributed by atoms with van der Waals surface area (Å²) in [5.74, 6) is -4.94. The zero-order valence-electron chi connectivity index (χ0n) is 21.7. The van der Waals surface area contributed by atoms with Crippen molar-refractivity contribution in [2.45, 2.75) is 52.0 Å². The number of nitrogens with zero attached hydrogens (tertiary/aromatic N) is 3. The second-order valence-electron chi connectivity index (χ2n) is 8.98. The number of carbonyl (C=O) groups excluding carboxylic acids is 2. The van der Waals surface area contributed by atoms with Crippen LogP contribution in [0.15, 0.2) is 23.1 Å². The number of anilines is 1. The predicted octanol–water partition coefficient (Wildman–Crippen LogP) is 2.72. The molecular formula is C25H30F4N4O6. The van der Waals surface area contributed by atoms with Gasteiger partial charge in [-0.25, -0.2) is 14.0 Å². The van der Waals surface area contributed by atoms with Crippen molar-refractivity contribution < 1.29 is 41.8 Å². The summed E-state index contributed by atoms with van der Waals surface area (Å²) in [6.07, 6.45) is -4.04. The molecule has 1 aromatic heterocycles. The number of benzene rings is 1. The first-order valence-electron chi connectivity index (χ1n) is 12.5. The molecule has 14 heteroatoms. The van der Waals surface area contributed by atoms with Gasteiger partial charge in [-0.15, -0.1) is 0 Å². The maximum Gasteiger partial charge on any atom is 0.436 e. The number of rotatable bonds is 9. The van der Waals surface area contributed by atoms with Crippen molar-refractivity contribution in [2.75, 3.05) is 37.7 Å². The smallest absolute Gasteiger partial charge is 0.436 e. The summed E-state index contributed by atoms with van der Waals surface area (Å²) in [7, 11) is 0. The van der Waals surface area contributed by atoms with Gasteiger partial charge in [0.05, 0.1) is 17.8 Å². The van der Waals surface area contributed by atoms with Crippen molar-refractivity contribution in [3.63, 3.8) is 0 Å². The number of carbonyl (C=O) groups is 3. The molecule has 10 nitrogen and oxygen atoms in total. The first kappa shape index (κ1) is 29.9. The molecule has 1 atom stereocenters. The lowest BCUT2D eigenvalue weighted by atomic mass is 10.0. The van der Waals surface area contributed by atoms with Crippen LogP contribution in [-0.2, 0) is 20.9 Å². The number of fused-ring (bicyclic) bond motifs is 1. The summed E-state index contributed by atoms with van der Waals surface area (Å²) in [6, 6.07) is 2.27. The lowest BCUT2D eigenvalue weighted by Gasteiger charge is -2.46. The van der Waals surface area contributed by atoms with E-state index in [9.17, 15) is 37.5 Å². The Bertz CT molecular complexity index is 1320. The molecule has 0 spiro atoms. The van der Waals surface area contributed by atoms with E-state index in [0.29, 0.717) is 0 Å². The molecule has 1 amide bonds. The third kappa shape index (κ3) is 5.56. The Labute approximate surface area is 221 Å². The van der Waals surface area contributed by atoms with E-state index < -0.39 is 46.5 Å². The molecule has 1 aliphatic heterocycles. The Morgan fingerprint density at radius 2 is 1.72 bits per heavy atom. The molecule has 1 aliphatic rings. The normalized spacial score (nSPS) is 16.1. The van der Waals surface area contributed by atoms with Crippen LogP contribution in [0.3, 0.4) is 0 Å². The van der Waals surface area contributed by atoms with Crippen LogP contribution < -0.4 is 15.6 Å². The number of esters is 1. The van der Waals surface area contributed by atoms with Crippen molar-refractivity contribution in [2.24, 2.45) is 0 Å². The van der Waals surface area contributed by atoms with E-state index in [-0.39, 0.29) is 68.8 Å². The van der Waals surface area contributed by atoms with E-state index in [1.807, 2.05) is 5.32 Å². The van der Waals surface area contributed by atoms with Crippen molar-refractivity contribution in [3.05, 3.63) is 39.9 Å². The largest absolute Gasteiger partial charge is 0.477 e. The van der Waals surface area contributed by atoms with Gasteiger partial charge in [-0.3, -0.25) is 14.5 Å². The quantitative estimate of drug-likeness (QED) is 0.356. The molecule has 1 fully saturated rings. The van der Waals surface area contributed by atoms with Crippen molar-refractivity contribution in [3.8, 4) is 0 Å². The number of carboxylic acids is 1. The number of alkyl halides is 3. The van der Waals surface area contributed by atoms with Crippen LogP contribution in [0.4, 0.5) is 23.2 Å². The summed E-state index contributed by atoms with van der Waals surface area (Å²) >= 11 is 0. The Kier molecular flexibility index (Phi) is 8.88. The molecule has 39 heavy (non-hydrogen) atoms. The third-order valence-corrected chi connectivity index (χ3v) is 6.59. The van der Waals surface area contributed by atoms with Gasteiger partial charge in [-0.1, -0.05) is 6.92 Å². The van der Waals surface area contributed by atoms with Crippen LogP contribution in [0.25, 0.3) is 10.9 Å². The fraction of sp³-hybridized carbons (Fsp3) is 0.520. The summed E-state index contributed by atoms with van der Waals surface area (Å²) in [5, 5.41) is 11.0. The number of aromatic nitrogens is 1. The van der Waals surface area contributed by atoms with Crippen LogP contribution >= 0.6 is 0 Å². The van der Waals surface area contributed by atoms with E-state index in [1.165, 1.54) is 22.5 Å². The number of nitrogens with one attached hydrogen (secondary N) is 1. The fourth-order valence-electron chi connectivity index (χ4n) is 4.69. The minimum Gasteiger partial charge on any atom is -0.477 e. The van der Waals surface area contributed by atoms with Gasteiger partial charge >= 0.3 is 18.1 Å². The second-order valence-corrected chi connectivity index (χ2v) is 8.98. The highest BCUT2D eigenvalue weighted by Crippen LogP contribution is 2.37. The van der Waals surface area contributed by atoms with Crippen LogP contribution in [0, 0.1) is 5.82 Å². The van der Waals surface area contributed by atoms with Gasteiger partial charge in [0, 0.05) is 50.7 Å². The maximum absolute atomic E-state index is 15.2. The molecule has 2 aromatic rings. The summed E-state index contributed by atoms with van der Waals surface area (Å²) < 4.78 is 64.9. The zero-order chi connectivity index (χ0) is 29.1. The molecule has 0 radical (unpaired) electrons. The van der Waals surface area contributed by atoms with E-state index in [1.54, 1.807) is 13.8 Å². The number of ether oxygens (including phenoxy) is 1. The number of amides is 1. The minimum atomic E-state index is -5.22. The predicted molar refractivity (Wildman–Crippen MR) is 133 cm³/mol. The lowest BCUT2D eigenvalue weighted by Crippen LogP contribution is -2.75. The number of piperazine rings is 1. The number of aromatic carboxylic acids is 1. The molecular weight excluding hydrogens is 528 g/mol. The first-order valence-corrected chi connectivity index (χ1v) is 12.5. The average molecular weight is 559 g/mol. The minimum absolute atomic E-state index is 0.00409. The highest BCUT2D eigenvalue weighted by molar-refractivity contribution is 5.93.